The van der Waals surface area contributed by atoms with Crippen LogP contribution < -0.4 is 5.32 Å². The largest absolute Gasteiger partial charge is 0.441 e. The van der Waals surface area contributed by atoms with E-state index in [1.807, 2.05) is 37.3 Å². The number of amides is 1. The van der Waals surface area contributed by atoms with E-state index in [2.05, 4.69) is 68.3 Å². The summed E-state index contributed by atoms with van der Waals surface area (Å²) in [6.45, 7) is 13.9. The van der Waals surface area contributed by atoms with Crippen molar-refractivity contribution in [2.75, 3.05) is 11.9 Å². The average Bonchev–Trinajstić information content (AvgIpc) is 3.26. The Kier molecular flexibility index (Phi) is 10.7. The van der Waals surface area contributed by atoms with Gasteiger partial charge in [0.25, 0.3) is 0 Å². The molecule has 222 valence electrons. The smallest absolute Gasteiger partial charge is 0.412 e. The van der Waals surface area contributed by atoms with E-state index in [1.54, 1.807) is 17.7 Å². The predicted molar refractivity (Wildman–Crippen MR) is 176 cm³/mol. The van der Waals surface area contributed by atoms with E-state index in [0.29, 0.717) is 29.7 Å². The second kappa shape index (κ2) is 14.2. The Hall–Kier alpha value is -3.39. The Morgan fingerprint density at radius 3 is 2.21 bits per heavy atom. The van der Waals surface area contributed by atoms with Gasteiger partial charge in [0.2, 0.25) is 0 Å². The van der Waals surface area contributed by atoms with Gasteiger partial charge in [0.1, 0.15) is 18.5 Å². The van der Waals surface area contributed by atoms with Crippen molar-refractivity contribution in [3.8, 4) is 22.4 Å². The molecular formula is C34H42ClN3O3Si. The Labute approximate surface area is 256 Å². The van der Waals surface area contributed by atoms with E-state index < -0.39 is 20.3 Å². The lowest BCUT2D eigenvalue weighted by atomic mass is 10.00. The number of ether oxygens (including phenoxy) is 2. The first-order chi connectivity index (χ1) is 20.1. The molecule has 0 spiro atoms. The lowest BCUT2D eigenvalue weighted by molar-refractivity contribution is 0.0773. The molecule has 1 heterocycles. The van der Waals surface area contributed by atoms with Crippen molar-refractivity contribution >= 4 is 31.5 Å². The van der Waals surface area contributed by atoms with Crippen LogP contribution in [0.5, 0.6) is 0 Å². The first-order valence-electron chi connectivity index (χ1n) is 14.6. The van der Waals surface area contributed by atoms with Gasteiger partial charge in [-0.15, -0.1) is 0 Å². The van der Waals surface area contributed by atoms with Crippen molar-refractivity contribution < 1.29 is 14.3 Å². The molecule has 6 nitrogen and oxygen atoms in total. The molecule has 1 N–H and O–H groups in total. The molecule has 0 bridgehead atoms. The normalized spacial score (nSPS) is 12.3. The van der Waals surface area contributed by atoms with Crippen LogP contribution in [0.1, 0.15) is 43.2 Å². The van der Waals surface area contributed by atoms with Crippen molar-refractivity contribution in [1.82, 2.24) is 9.78 Å². The van der Waals surface area contributed by atoms with E-state index in [4.69, 9.17) is 26.2 Å². The monoisotopic (exact) mass is 603 g/mol. The van der Waals surface area contributed by atoms with E-state index in [9.17, 15) is 4.79 Å². The lowest BCUT2D eigenvalue weighted by Crippen LogP contribution is -2.22. The Bertz CT molecular complexity index is 1480. The quantitative estimate of drug-likeness (QED) is 0.129. The van der Waals surface area contributed by atoms with Crippen molar-refractivity contribution in [1.29, 1.82) is 0 Å². The standard InChI is InChI=1S/C34H42ClN3O3Si/c1-7-10-26-13-15-27(16-14-26)28-17-19-29(20-18-28)33-32(24(2)38(37-33)23-40-21-22-42(4,5)6)36-34(39)41-25(3)30-11-8-9-12-31(30)35/h8-9,11-20,25H,7,10,21-23H2,1-6H3,(H,36,39)/t25-/m1/s1. The number of aryl methyl sites for hydroxylation is 1. The number of nitrogens with one attached hydrogen (secondary N) is 1. The molecule has 0 unspecified atom stereocenters. The van der Waals surface area contributed by atoms with Crippen LogP contribution in [0.25, 0.3) is 22.4 Å². The zero-order valence-electron chi connectivity index (χ0n) is 25.5. The van der Waals surface area contributed by atoms with Crippen LogP contribution in [0, 0.1) is 6.92 Å². The lowest BCUT2D eigenvalue weighted by Gasteiger charge is -2.16. The number of anilines is 1. The van der Waals surface area contributed by atoms with Gasteiger partial charge in [-0.05, 0) is 49.1 Å². The number of aromatic nitrogens is 2. The molecule has 8 heteroatoms. The summed E-state index contributed by atoms with van der Waals surface area (Å²) in [5.74, 6) is 0. The summed E-state index contributed by atoms with van der Waals surface area (Å²) in [7, 11) is -1.22. The van der Waals surface area contributed by atoms with Gasteiger partial charge in [0, 0.05) is 30.8 Å². The van der Waals surface area contributed by atoms with Crippen LogP contribution in [0.15, 0.2) is 72.8 Å². The number of halogens is 1. The maximum Gasteiger partial charge on any atom is 0.412 e. The summed E-state index contributed by atoms with van der Waals surface area (Å²) in [5, 5.41) is 8.38. The Balaban J connectivity index is 1.57. The number of hydrogen-bond acceptors (Lipinski definition) is 4. The van der Waals surface area contributed by atoms with Crippen LogP contribution in [0.3, 0.4) is 0 Å². The summed E-state index contributed by atoms with van der Waals surface area (Å²) < 4.78 is 13.5. The Morgan fingerprint density at radius 1 is 0.976 bits per heavy atom. The van der Waals surface area contributed by atoms with Gasteiger partial charge in [-0.3, -0.25) is 5.32 Å². The molecule has 0 aliphatic heterocycles. The molecule has 1 amide bonds. The van der Waals surface area contributed by atoms with Crippen LogP contribution in [0.2, 0.25) is 30.7 Å². The number of hydrogen-bond donors (Lipinski definition) is 1. The molecule has 3 aromatic carbocycles. The van der Waals surface area contributed by atoms with Crippen molar-refractivity contribution in [2.24, 2.45) is 0 Å². The number of rotatable bonds is 12. The zero-order chi connectivity index (χ0) is 30.3. The molecule has 0 saturated carbocycles. The van der Waals surface area contributed by atoms with Crippen molar-refractivity contribution in [2.45, 2.75) is 72.1 Å². The maximum atomic E-state index is 13.1. The van der Waals surface area contributed by atoms with E-state index >= 15 is 0 Å². The van der Waals surface area contributed by atoms with E-state index in [1.165, 1.54) is 5.56 Å². The molecule has 4 rings (SSSR count). The van der Waals surface area contributed by atoms with Crippen LogP contribution >= 0.6 is 11.6 Å². The third-order valence-corrected chi connectivity index (χ3v) is 9.30. The van der Waals surface area contributed by atoms with Crippen LogP contribution in [-0.4, -0.2) is 30.6 Å². The van der Waals surface area contributed by atoms with Gasteiger partial charge < -0.3 is 9.47 Å². The third-order valence-electron chi connectivity index (χ3n) is 7.25. The first-order valence-corrected chi connectivity index (χ1v) is 18.7. The fourth-order valence-electron chi connectivity index (χ4n) is 4.69. The molecule has 0 saturated heterocycles. The highest BCUT2D eigenvalue weighted by Gasteiger charge is 2.22. The van der Waals surface area contributed by atoms with Gasteiger partial charge in [-0.1, -0.05) is 111 Å². The minimum absolute atomic E-state index is 0.304. The summed E-state index contributed by atoms with van der Waals surface area (Å²) in [6.07, 6.45) is 1.12. The minimum Gasteiger partial charge on any atom is -0.441 e. The molecule has 42 heavy (non-hydrogen) atoms. The van der Waals surface area contributed by atoms with Gasteiger partial charge in [-0.2, -0.15) is 5.10 Å². The van der Waals surface area contributed by atoms with E-state index in [0.717, 1.165) is 46.8 Å². The number of carbonyl (C=O) groups excluding carboxylic acids is 1. The SMILES string of the molecule is CCCc1ccc(-c2ccc(-c3nn(COCC[Si](C)(C)C)c(C)c3NC(=O)O[C@H](C)c3ccccc3Cl)cc2)cc1. The minimum atomic E-state index is -1.22. The predicted octanol–water partition coefficient (Wildman–Crippen LogP) is 9.75. The summed E-state index contributed by atoms with van der Waals surface area (Å²) in [6, 6.07) is 25.4. The number of benzene rings is 3. The van der Waals surface area contributed by atoms with Crippen molar-refractivity contribution in [3.63, 3.8) is 0 Å². The fourth-order valence-corrected chi connectivity index (χ4v) is 5.73. The maximum absolute atomic E-state index is 13.1. The molecule has 0 aliphatic rings. The second-order valence-electron chi connectivity index (χ2n) is 11.9. The summed E-state index contributed by atoms with van der Waals surface area (Å²) >= 11 is 6.33. The second-order valence-corrected chi connectivity index (χ2v) is 17.9. The molecule has 1 atom stereocenters. The van der Waals surface area contributed by atoms with E-state index in [-0.39, 0.29) is 0 Å². The Morgan fingerprint density at radius 2 is 1.60 bits per heavy atom. The first kappa shape index (κ1) is 31.5. The molecule has 0 fully saturated rings. The number of nitrogens with zero attached hydrogens (tertiary/aromatic N) is 2. The highest BCUT2D eigenvalue weighted by Crippen LogP contribution is 2.33. The highest BCUT2D eigenvalue weighted by molar-refractivity contribution is 6.76. The number of carbonyl (C=O) groups is 1. The van der Waals surface area contributed by atoms with Gasteiger partial charge in [-0.25, -0.2) is 9.48 Å². The summed E-state index contributed by atoms with van der Waals surface area (Å²) in [5.41, 5.74) is 7.30. The molecule has 1 aromatic heterocycles. The average molecular weight is 604 g/mol. The highest BCUT2D eigenvalue weighted by atomic mass is 35.5. The third kappa shape index (κ3) is 8.34. The van der Waals surface area contributed by atoms with Gasteiger partial charge >= 0.3 is 6.09 Å². The molecule has 0 aliphatic carbocycles. The topological polar surface area (TPSA) is 65.4 Å². The summed E-state index contributed by atoms with van der Waals surface area (Å²) in [4.78, 5) is 13.1. The van der Waals surface area contributed by atoms with Crippen molar-refractivity contribution in [3.05, 3.63) is 94.6 Å². The fraction of sp³-hybridized carbons (Fsp3) is 0.353. The molecular weight excluding hydrogens is 562 g/mol. The zero-order valence-corrected chi connectivity index (χ0v) is 27.3. The van der Waals surface area contributed by atoms with Gasteiger partial charge in [0.15, 0.2) is 0 Å². The van der Waals surface area contributed by atoms with Crippen LogP contribution in [-0.2, 0) is 22.6 Å². The van der Waals surface area contributed by atoms with Gasteiger partial charge in [0.05, 0.1) is 11.4 Å². The molecule has 4 aromatic rings. The molecule has 0 radical (unpaired) electrons. The van der Waals surface area contributed by atoms with Crippen LogP contribution in [0.4, 0.5) is 10.5 Å².